The van der Waals surface area contributed by atoms with E-state index in [4.69, 9.17) is 5.11 Å². The van der Waals surface area contributed by atoms with Crippen LogP contribution in [0.4, 0.5) is 0 Å². The van der Waals surface area contributed by atoms with Crippen molar-refractivity contribution in [2.24, 2.45) is 0 Å². The van der Waals surface area contributed by atoms with Crippen LogP contribution < -0.4 is 5.32 Å². The molecule has 18 heavy (non-hydrogen) atoms. The fourth-order valence-electron chi connectivity index (χ4n) is 1.20. The summed E-state index contributed by atoms with van der Waals surface area (Å²) in [6.07, 6.45) is 2.53. The molecule has 1 heterocycles. The highest BCUT2D eigenvalue weighted by molar-refractivity contribution is 7.14. The highest BCUT2D eigenvalue weighted by atomic mass is 32.1. The molecule has 0 aliphatic carbocycles. The number of amides is 1. The van der Waals surface area contributed by atoms with Gasteiger partial charge in [-0.3, -0.25) is 4.79 Å². The molecule has 1 amide bonds. The third-order valence-corrected chi connectivity index (χ3v) is 3.13. The Kier molecular flexibility index (Phi) is 5.54. The molecule has 5 nitrogen and oxygen atoms in total. The van der Waals surface area contributed by atoms with Crippen molar-refractivity contribution in [3.63, 3.8) is 0 Å². The van der Waals surface area contributed by atoms with E-state index in [1.165, 1.54) is 17.4 Å². The van der Waals surface area contributed by atoms with Gasteiger partial charge in [-0.2, -0.15) is 0 Å². The van der Waals surface area contributed by atoms with Gasteiger partial charge in [0.1, 0.15) is 0 Å². The van der Waals surface area contributed by atoms with Crippen molar-refractivity contribution in [1.29, 1.82) is 0 Å². The zero-order valence-corrected chi connectivity index (χ0v) is 11.2. The number of hydrogen-bond donors (Lipinski definition) is 2. The van der Waals surface area contributed by atoms with Crippen molar-refractivity contribution >= 4 is 29.3 Å². The van der Waals surface area contributed by atoms with E-state index >= 15 is 0 Å². The molecule has 0 aliphatic heterocycles. The monoisotopic (exact) mass is 268 g/mol. The van der Waals surface area contributed by atoms with Gasteiger partial charge < -0.3 is 15.3 Å². The Hall–Kier alpha value is -1.66. The fraction of sp³-hybridized carbons (Fsp3) is 0.333. The van der Waals surface area contributed by atoms with Gasteiger partial charge in [0.25, 0.3) is 5.91 Å². The number of nitrogens with one attached hydrogen (secondary N) is 1. The summed E-state index contributed by atoms with van der Waals surface area (Å²) >= 11 is 1.27. The van der Waals surface area contributed by atoms with E-state index in [0.717, 1.165) is 17.5 Å². The minimum Gasteiger partial charge on any atom is -0.478 e. The Labute approximate surface area is 110 Å². The highest BCUT2D eigenvalue weighted by Crippen LogP contribution is 2.17. The van der Waals surface area contributed by atoms with Gasteiger partial charge in [-0.15, -0.1) is 11.3 Å². The molecule has 0 fully saturated rings. The van der Waals surface area contributed by atoms with E-state index < -0.39 is 5.97 Å². The zero-order valence-electron chi connectivity index (χ0n) is 10.3. The van der Waals surface area contributed by atoms with Gasteiger partial charge in [0.05, 0.1) is 4.88 Å². The fourth-order valence-corrected chi connectivity index (χ4v) is 2.03. The van der Waals surface area contributed by atoms with Crippen LogP contribution in [-0.2, 0) is 4.79 Å². The van der Waals surface area contributed by atoms with Gasteiger partial charge in [0.15, 0.2) is 0 Å². The first-order chi connectivity index (χ1) is 8.49. The standard InChI is InChI=1S/C12H16N2O3S/c1-14(2)8-7-13-12(17)10-5-3-9(18-10)4-6-11(15)16/h3-6H,7-8H2,1-2H3,(H,13,17)(H,15,16)/b6-4+. The van der Waals surface area contributed by atoms with E-state index in [1.807, 2.05) is 19.0 Å². The number of nitrogens with zero attached hydrogens (tertiary/aromatic N) is 1. The van der Waals surface area contributed by atoms with Gasteiger partial charge in [0.2, 0.25) is 0 Å². The summed E-state index contributed by atoms with van der Waals surface area (Å²) < 4.78 is 0. The summed E-state index contributed by atoms with van der Waals surface area (Å²) in [5.41, 5.74) is 0. The number of carboxylic acid groups (broad SMARTS) is 1. The maximum Gasteiger partial charge on any atom is 0.328 e. The molecule has 98 valence electrons. The molecule has 0 unspecified atom stereocenters. The molecule has 0 aliphatic rings. The molecule has 1 aromatic heterocycles. The zero-order chi connectivity index (χ0) is 13.5. The van der Waals surface area contributed by atoms with Gasteiger partial charge in [-0.05, 0) is 32.3 Å². The van der Waals surface area contributed by atoms with Crippen molar-refractivity contribution in [2.75, 3.05) is 27.2 Å². The number of aliphatic carboxylic acids is 1. The van der Waals surface area contributed by atoms with Crippen molar-refractivity contribution in [3.05, 3.63) is 28.0 Å². The Morgan fingerprint density at radius 3 is 2.78 bits per heavy atom. The van der Waals surface area contributed by atoms with Gasteiger partial charge in [-0.1, -0.05) is 0 Å². The third-order valence-electron chi connectivity index (χ3n) is 2.09. The Balaban J connectivity index is 2.52. The van der Waals surface area contributed by atoms with Gasteiger partial charge >= 0.3 is 5.97 Å². The molecule has 0 saturated carbocycles. The molecule has 1 aromatic rings. The number of rotatable bonds is 6. The predicted molar refractivity (Wildman–Crippen MR) is 71.9 cm³/mol. The lowest BCUT2D eigenvalue weighted by atomic mass is 10.4. The van der Waals surface area contributed by atoms with Gasteiger partial charge in [-0.25, -0.2) is 4.79 Å². The number of carbonyl (C=O) groups excluding carboxylic acids is 1. The number of carboxylic acids is 1. The van der Waals surface area contributed by atoms with E-state index in [-0.39, 0.29) is 5.91 Å². The molecule has 0 aromatic carbocycles. The third kappa shape index (κ3) is 5.11. The summed E-state index contributed by atoms with van der Waals surface area (Å²) in [5, 5.41) is 11.3. The van der Waals surface area contributed by atoms with Crippen molar-refractivity contribution in [2.45, 2.75) is 0 Å². The van der Waals surface area contributed by atoms with E-state index in [9.17, 15) is 9.59 Å². The number of hydrogen-bond acceptors (Lipinski definition) is 4. The average Bonchev–Trinajstić information content (AvgIpc) is 2.74. The molecular weight excluding hydrogens is 252 g/mol. The minimum atomic E-state index is -1.000. The summed E-state index contributed by atoms with van der Waals surface area (Å²) in [7, 11) is 3.87. The summed E-state index contributed by atoms with van der Waals surface area (Å²) in [6, 6.07) is 3.42. The molecule has 0 atom stereocenters. The van der Waals surface area contributed by atoms with Crippen molar-refractivity contribution < 1.29 is 14.7 Å². The van der Waals surface area contributed by atoms with E-state index in [2.05, 4.69) is 5.32 Å². The lowest BCUT2D eigenvalue weighted by Crippen LogP contribution is -2.30. The maximum atomic E-state index is 11.7. The second-order valence-corrected chi connectivity index (χ2v) is 5.05. The molecule has 0 bridgehead atoms. The van der Waals surface area contributed by atoms with Crippen molar-refractivity contribution in [1.82, 2.24) is 10.2 Å². The first-order valence-corrected chi connectivity index (χ1v) is 6.24. The summed E-state index contributed by atoms with van der Waals surface area (Å²) in [4.78, 5) is 25.4. The van der Waals surface area contributed by atoms with Crippen molar-refractivity contribution in [3.8, 4) is 0 Å². The Morgan fingerprint density at radius 1 is 1.44 bits per heavy atom. The Morgan fingerprint density at radius 2 is 2.17 bits per heavy atom. The summed E-state index contributed by atoms with van der Waals surface area (Å²) in [5.74, 6) is -1.13. The molecule has 0 spiro atoms. The van der Waals surface area contributed by atoms with Crippen LogP contribution in [0.15, 0.2) is 18.2 Å². The minimum absolute atomic E-state index is 0.128. The van der Waals surface area contributed by atoms with Crippen LogP contribution in [0.25, 0.3) is 6.08 Å². The quantitative estimate of drug-likeness (QED) is 0.759. The highest BCUT2D eigenvalue weighted by Gasteiger charge is 2.07. The molecule has 1 rings (SSSR count). The predicted octanol–water partition coefficient (Wildman–Crippen LogP) is 1.14. The second-order valence-electron chi connectivity index (χ2n) is 3.93. The van der Waals surface area contributed by atoms with Crippen LogP contribution in [0.3, 0.4) is 0 Å². The number of carbonyl (C=O) groups is 2. The number of thiophene rings is 1. The van der Waals surface area contributed by atoms with Gasteiger partial charge in [0, 0.05) is 24.0 Å². The molecule has 6 heteroatoms. The van der Waals surface area contributed by atoms with Crippen LogP contribution in [-0.4, -0.2) is 49.1 Å². The normalized spacial score (nSPS) is 11.1. The molecule has 2 N–H and O–H groups in total. The number of likely N-dealkylation sites (N-methyl/N-ethyl adjacent to an activating group) is 1. The smallest absolute Gasteiger partial charge is 0.328 e. The largest absolute Gasteiger partial charge is 0.478 e. The second kappa shape index (κ2) is 6.93. The van der Waals surface area contributed by atoms with Crippen LogP contribution in [0.2, 0.25) is 0 Å². The maximum absolute atomic E-state index is 11.7. The average molecular weight is 268 g/mol. The Bertz CT molecular complexity index is 452. The van der Waals surface area contributed by atoms with Crippen LogP contribution in [0, 0.1) is 0 Å². The van der Waals surface area contributed by atoms with Crippen LogP contribution in [0.5, 0.6) is 0 Å². The van der Waals surface area contributed by atoms with Crippen LogP contribution in [0.1, 0.15) is 14.5 Å². The van der Waals surface area contributed by atoms with Crippen LogP contribution >= 0.6 is 11.3 Å². The molecular formula is C12H16N2O3S. The topological polar surface area (TPSA) is 69.6 Å². The lowest BCUT2D eigenvalue weighted by molar-refractivity contribution is -0.131. The van der Waals surface area contributed by atoms with E-state index in [0.29, 0.717) is 11.4 Å². The molecule has 0 radical (unpaired) electrons. The lowest BCUT2D eigenvalue weighted by Gasteiger charge is -2.09. The first-order valence-electron chi connectivity index (χ1n) is 5.43. The molecule has 0 saturated heterocycles. The first kappa shape index (κ1) is 14.4. The van der Waals surface area contributed by atoms with E-state index in [1.54, 1.807) is 12.1 Å². The summed E-state index contributed by atoms with van der Waals surface area (Å²) in [6.45, 7) is 1.37. The SMILES string of the molecule is CN(C)CCNC(=O)c1ccc(/C=C/C(=O)O)s1.